The average Bonchev–Trinajstić information content (AvgIpc) is 3.37. The molecule has 1 unspecified atom stereocenters. The van der Waals surface area contributed by atoms with Gasteiger partial charge in [0.05, 0.1) is 17.9 Å². The number of pyridine rings is 2. The van der Waals surface area contributed by atoms with Gasteiger partial charge < -0.3 is 15.5 Å². The highest BCUT2D eigenvalue weighted by Gasteiger charge is 2.43. The lowest BCUT2D eigenvalue weighted by molar-refractivity contribution is -0.117. The Balaban J connectivity index is 1.54. The van der Waals surface area contributed by atoms with Gasteiger partial charge in [0.15, 0.2) is 0 Å². The molecule has 3 N–H and O–H groups in total. The molecule has 0 spiro atoms. The maximum Gasteiger partial charge on any atom is 0.230 e. The third kappa shape index (κ3) is 2.95. The molecule has 0 saturated heterocycles. The van der Waals surface area contributed by atoms with E-state index in [9.17, 15) is 4.79 Å². The monoisotopic (exact) mass is 382 g/mol. The van der Waals surface area contributed by atoms with Crippen LogP contribution in [0.3, 0.4) is 0 Å². The predicted molar refractivity (Wildman–Crippen MR) is 111 cm³/mol. The summed E-state index contributed by atoms with van der Waals surface area (Å²) in [4.78, 5) is 20.9. The number of fused-ring (bicyclic) bond motifs is 2. The molecule has 1 aliphatic carbocycles. The summed E-state index contributed by atoms with van der Waals surface area (Å²) in [5.41, 5.74) is 10.9. The maximum atomic E-state index is 12.2. The molecule has 7 heteroatoms. The molecule has 1 amide bonds. The minimum atomic E-state index is -0.238. The van der Waals surface area contributed by atoms with Gasteiger partial charge >= 0.3 is 0 Å². The number of rotatable bonds is 3. The Morgan fingerprint density at radius 1 is 1.31 bits per heavy atom. The summed E-state index contributed by atoms with van der Waals surface area (Å²) in [6.07, 6.45) is 8.01. The van der Waals surface area contributed by atoms with E-state index >= 15 is 0 Å². The van der Waals surface area contributed by atoms with Crippen molar-refractivity contribution < 1.29 is 4.79 Å². The first-order valence-electron chi connectivity index (χ1n) is 9.37. The molecule has 1 fully saturated rings. The Morgan fingerprint density at radius 3 is 2.97 bits per heavy atom. The molecule has 1 aromatic carbocycles. The van der Waals surface area contributed by atoms with Gasteiger partial charge in [-0.05, 0) is 59.7 Å². The molecule has 1 saturated carbocycles. The van der Waals surface area contributed by atoms with Crippen LogP contribution in [-0.2, 0) is 4.79 Å². The molecular formula is C22H18N6O. The predicted octanol–water partition coefficient (Wildman–Crippen LogP) is 3.54. The van der Waals surface area contributed by atoms with Crippen LogP contribution in [0.25, 0.3) is 27.5 Å². The van der Waals surface area contributed by atoms with Gasteiger partial charge in [0.25, 0.3) is 0 Å². The third-order valence-corrected chi connectivity index (χ3v) is 5.45. The fraction of sp³-hybridized carbons (Fsp3) is 0.182. The normalized spacial score (nSPS) is 17.9. The van der Waals surface area contributed by atoms with Crippen molar-refractivity contribution in [1.82, 2.24) is 14.4 Å². The third-order valence-electron chi connectivity index (χ3n) is 5.45. The molecule has 29 heavy (non-hydrogen) atoms. The summed E-state index contributed by atoms with van der Waals surface area (Å²) in [5.74, 6) is -0.118. The molecular weight excluding hydrogens is 364 g/mol. The van der Waals surface area contributed by atoms with Crippen molar-refractivity contribution in [3.05, 3.63) is 54.6 Å². The largest absolute Gasteiger partial charge is 0.398 e. The van der Waals surface area contributed by atoms with E-state index in [0.717, 1.165) is 33.1 Å². The maximum absolute atomic E-state index is 12.2. The molecule has 0 aliphatic heterocycles. The Bertz CT molecular complexity index is 1330. The number of hydrogen-bond acceptors (Lipinski definition) is 5. The van der Waals surface area contributed by atoms with Crippen LogP contribution >= 0.6 is 0 Å². The van der Waals surface area contributed by atoms with Gasteiger partial charge in [0.2, 0.25) is 5.91 Å². The molecule has 142 valence electrons. The van der Waals surface area contributed by atoms with Gasteiger partial charge in [-0.3, -0.25) is 4.79 Å². The average molecular weight is 382 g/mol. The second-order valence-corrected chi connectivity index (χ2v) is 7.49. The lowest BCUT2D eigenvalue weighted by Crippen LogP contribution is -2.15. The number of aryl methyl sites for hydroxylation is 1. The highest BCUT2D eigenvalue weighted by Crippen LogP contribution is 2.38. The van der Waals surface area contributed by atoms with Crippen LogP contribution in [-0.4, -0.2) is 20.3 Å². The quantitative estimate of drug-likeness (QED) is 0.527. The zero-order valence-corrected chi connectivity index (χ0v) is 15.8. The minimum absolute atomic E-state index is 0.159. The summed E-state index contributed by atoms with van der Waals surface area (Å²) >= 11 is 0. The molecule has 1 aliphatic rings. The van der Waals surface area contributed by atoms with Crippen molar-refractivity contribution in [3.63, 3.8) is 0 Å². The number of aromatic nitrogens is 3. The summed E-state index contributed by atoms with van der Waals surface area (Å²) in [7, 11) is 0. The van der Waals surface area contributed by atoms with Crippen molar-refractivity contribution in [3.8, 4) is 17.2 Å². The van der Waals surface area contributed by atoms with Gasteiger partial charge in [0, 0.05) is 35.9 Å². The van der Waals surface area contributed by atoms with E-state index in [1.165, 1.54) is 0 Å². The van der Waals surface area contributed by atoms with Crippen LogP contribution in [0.5, 0.6) is 0 Å². The molecule has 3 aromatic heterocycles. The first-order valence-corrected chi connectivity index (χ1v) is 9.37. The number of nitrogens with zero attached hydrogens (tertiary/aromatic N) is 4. The number of amides is 1. The highest BCUT2D eigenvalue weighted by atomic mass is 16.2. The van der Waals surface area contributed by atoms with Crippen LogP contribution in [0.4, 0.5) is 11.5 Å². The molecule has 0 bridgehead atoms. The Morgan fingerprint density at radius 2 is 2.17 bits per heavy atom. The standard InChI is InChI=1S/C22H18N6O/c1-12-11-28-3-2-25-21(28)8-16(12)13-4-14-7-20(26-10-18(14)19(24)6-13)27-22(29)17-5-15(17)9-23/h2-4,6-8,10-11,15,17H,5,24H2,1H3,(H,26,27,29)/t15?,17-/m1/s1. The Kier molecular flexibility index (Phi) is 3.74. The first kappa shape index (κ1) is 17.2. The zero-order chi connectivity index (χ0) is 20.1. The number of benzene rings is 1. The zero-order valence-electron chi connectivity index (χ0n) is 15.8. The first-order chi connectivity index (χ1) is 14.0. The highest BCUT2D eigenvalue weighted by molar-refractivity contribution is 6.00. The minimum Gasteiger partial charge on any atom is -0.398 e. The lowest BCUT2D eigenvalue weighted by Gasteiger charge is -2.12. The fourth-order valence-electron chi connectivity index (χ4n) is 3.73. The van der Waals surface area contributed by atoms with Crippen LogP contribution in [0, 0.1) is 30.1 Å². The summed E-state index contributed by atoms with van der Waals surface area (Å²) < 4.78 is 1.98. The lowest BCUT2D eigenvalue weighted by atomic mass is 9.98. The van der Waals surface area contributed by atoms with E-state index in [1.807, 2.05) is 41.1 Å². The van der Waals surface area contributed by atoms with Crippen LogP contribution in [0.15, 0.2) is 49.1 Å². The van der Waals surface area contributed by atoms with Crippen LogP contribution < -0.4 is 11.1 Å². The number of nitrogens with one attached hydrogen (secondary N) is 1. The van der Waals surface area contributed by atoms with E-state index in [1.54, 1.807) is 12.4 Å². The number of nitriles is 1. The second kappa shape index (κ2) is 6.31. The van der Waals surface area contributed by atoms with Crippen molar-refractivity contribution in [2.45, 2.75) is 13.3 Å². The number of nitrogens with two attached hydrogens (primary N) is 1. The second-order valence-electron chi connectivity index (χ2n) is 7.49. The number of nitrogen functional groups attached to an aromatic ring is 1. The SMILES string of the molecule is Cc1cn2ccnc2cc1-c1cc(N)c2cnc(NC(=O)[C@@H]3CC3C#N)cc2c1. The Labute approximate surface area is 166 Å². The smallest absolute Gasteiger partial charge is 0.230 e. The van der Waals surface area contributed by atoms with Crippen LogP contribution in [0.2, 0.25) is 0 Å². The molecule has 3 heterocycles. The summed E-state index contributed by atoms with van der Waals surface area (Å²) in [6.45, 7) is 2.05. The van der Waals surface area contributed by atoms with E-state index in [0.29, 0.717) is 17.9 Å². The number of anilines is 2. The van der Waals surface area contributed by atoms with Crippen molar-refractivity contribution in [2.24, 2.45) is 11.8 Å². The fourth-order valence-corrected chi connectivity index (χ4v) is 3.73. The van der Waals surface area contributed by atoms with Gasteiger partial charge in [0.1, 0.15) is 11.5 Å². The molecule has 4 aromatic rings. The van der Waals surface area contributed by atoms with Gasteiger partial charge in [-0.15, -0.1) is 0 Å². The van der Waals surface area contributed by atoms with Crippen molar-refractivity contribution in [1.29, 1.82) is 5.26 Å². The molecule has 0 radical (unpaired) electrons. The van der Waals surface area contributed by atoms with Gasteiger partial charge in [-0.1, -0.05) is 0 Å². The number of imidazole rings is 1. The number of carbonyl (C=O) groups excluding carboxylic acids is 1. The van der Waals surface area contributed by atoms with Crippen molar-refractivity contribution in [2.75, 3.05) is 11.1 Å². The molecule has 2 atom stereocenters. The van der Waals surface area contributed by atoms with E-state index < -0.39 is 0 Å². The van der Waals surface area contributed by atoms with Gasteiger partial charge in [-0.25, -0.2) is 9.97 Å². The Hall–Kier alpha value is -3.92. The summed E-state index contributed by atoms with van der Waals surface area (Å²) in [5, 5.41) is 13.4. The van der Waals surface area contributed by atoms with Gasteiger partial charge in [-0.2, -0.15) is 5.26 Å². The van der Waals surface area contributed by atoms with E-state index in [2.05, 4.69) is 28.3 Å². The number of carbonyl (C=O) groups is 1. The van der Waals surface area contributed by atoms with E-state index in [4.69, 9.17) is 11.0 Å². The van der Waals surface area contributed by atoms with E-state index in [-0.39, 0.29) is 17.7 Å². The molecule has 5 rings (SSSR count). The molecule has 7 nitrogen and oxygen atoms in total. The topological polar surface area (TPSA) is 109 Å². The summed E-state index contributed by atoms with van der Waals surface area (Å²) in [6, 6.07) is 9.96. The number of hydrogen-bond donors (Lipinski definition) is 2. The van der Waals surface area contributed by atoms with Crippen molar-refractivity contribution >= 4 is 33.8 Å². The van der Waals surface area contributed by atoms with Crippen LogP contribution in [0.1, 0.15) is 12.0 Å².